The van der Waals surface area contributed by atoms with Gasteiger partial charge < -0.3 is 9.25 Å². The van der Waals surface area contributed by atoms with Gasteiger partial charge in [0, 0.05) is 5.56 Å². The van der Waals surface area contributed by atoms with Gasteiger partial charge in [0.15, 0.2) is 23.3 Å². The lowest BCUT2D eigenvalue weighted by Crippen LogP contribution is -2.14. The van der Waals surface area contributed by atoms with Crippen LogP contribution in [0.15, 0.2) is 64.4 Å². The molecule has 0 spiro atoms. The number of nitrogens with zero attached hydrogens (tertiary/aromatic N) is 1. The highest BCUT2D eigenvalue weighted by molar-refractivity contribution is 6.10. The van der Waals surface area contributed by atoms with E-state index in [2.05, 4.69) is 9.99 Å². The van der Waals surface area contributed by atoms with Crippen molar-refractivity contribution in [2.45, 2.75) is 0 Å². The number of oxime groups is 1. The summed E-state index contributed by atoms with van der Waals surface area (Å²) in [5.41, 5.74) is -1.27. The minimum Gasteiger partial charge on any atom is -0.465 e. The van der Waals surface area contributed by atoms with E-state index in [1.165, 1.54) is 18.4 Å². The van der Waals surface area contributed by atoms with E-state index < -0.39 is 40.6 Å². The van der Waals surface area contributed by atoms with E-state index in [4.69, 9.17) is 4.42 Å². The molecule has 4 nitrogen and oxygen atoms in total. The van der Waals surface area contributed by atoms with Crippen molar-refractivity contribution in [3.05, 3.63) is 101 Å². The molecule has 2 aromatic carbocycles. The van der Waals surface area contributed by atoms with Crippen molar-refractivity contribution >= 4 is 17.8 Å². The third kappa shape index (κ3) is 4.23. The second-order valence-electron chi connectivity index (χ2n) is 5.51. The summed E-state index contributed by atoms with van der Waals surface area (Å²) in [6.45, 7) is 0. The molecule has 3 rings (SSSR count). The Hall–Kier alpha value is -3.75. The van der Waals surface area contributed by atoms with E-state index in [9.17, 15) is 26.7 Å². The van der Waals surface area contributed by atoms with Crippen LogP contribution in [0, 0.1) is 29.1 Å². The number of carbonyl (C=O) groups is 1. The van der Waals surface area contributed by atoms with Gasteiger partial charge in [-0.1, -0.05) is 35.5 Å². The van der Waals surface area contributed by atoms with Crippen LogP contribution < -0.4 is 0 Å². The summed E-state index contributed by atoms with van der Waals surface area (Å²) in [7, 11) is 0. The summed E-state index contributed by atoms with van der Waals surface area (Å²) in [5, 5.41) is 3.50. The van der Waals surface area contributed by atoms with Gasteiger partial charge in [-0.2, -0.15) is 0 Å². The van der Waals surface area contributed by atoms with E-state index >= 15 is 0 Å². The molecule has 148 valence electrons. The van der Waals surface area contributed by atoms with Crippen molar-refractivity contribution in [2.24, 2.45) is 5.16 Å². The predicted molar refractivity (Wildman–Crippen MR) is 92.4 cm³/mol. The Bertz CT molecular complexity index is 1060. The molecule has 0 unspecified atom stereocenters. The van der Waals surface area contributed by atoms with E-state index in [1.54, 1.807) is 42.5 Å². The molecule has 0 aliphatic rings. The third-order valence-corrected chi connectivity index (χ3v) is 3.66. The molecule has 0 atom stereocenters. The number of carbonyl (C=O) groups excluding carboxylic acids is 1. The van der Waals surface area contributed by atoms with Crippen LogP contribution >= 0.6 is 0 Å². The fraction of sp³-hybridized carbons (Fsp3) is 0. The Morgan fingerprint density at radius 1 is 0.862 bits per heavy atom. The Morgan fingerprint density at radius 3 is 2.07 bits per heavy atom. The van der Waals surface area contributed by atoms with Crippen LogP contribution in [0.5, 0.6) is 0 Å². The highest BCUT2D eigenvalue weighted by atomic mass is 19.2. The highest BCUT2D eigenvalue weighted by Crippen LogP contribution is 2.23. The number of benzene rings is 2. The molecule has 3 aromatic rings. The summed E-state index contributed by atoms with van der Waals surface area (Å²) < 4.78 is 72.3. The Balaban J connectivity index is 1.95. The molecule has 0 saturated carbocycles. The summed E-state index contributed by atoms with van der Waals surface area (Å²) >= 11 is 0. The van der Waals surface area contributed by atoms with Gasteiger partial charge in [-0.15, -0.1) is 0 Å². The predicted octanol–water partition coefficient (Wildman–Crippen LogP) is 5.25. The number of hydrogen-bond donors (Lipinski definition) is 0. The topological polar surface area (TPSA) is 51.8 Å². The van der Waals surface area contributed by atoms with Gasteiger partial charge in [0.25, 0.3) is 0 Å². The smallest absolute Gasteiger partial charge is 0.371 e. The Kier molecular flexibility index (Phi) is 5.87. The highest BCUT2D eigenvalue weighted by Gasteiger charge is 2.31. The molecule has 29 heavy (non-hydrogen) atoms. The van der Waals surface area contributed by atoms with Crippen LogP contribution in [-0.2, 0) is 4.84 Å². The lowest BCUT2D eigenvalue weighted by molar-refractivity contribution is 0.0502. The van der Waals surface area contributed by atoms with Crippen molar-refractivity contribution in [3.8, 4) is 0 Å². The molecular weight excluding hydrogens is 397 g/mol. The quantitative estimate of drug-likeness (QED) is 0.145. The first-order chi connectivity index (χ1) is 13.9. The monoisotopic (exact) mass is 407 g/mol. The Labute approximate surface area is 160 Å². The fourth-order valence-electron chi connectivity index (χ4n) is 2.26. The van der Waals surface area contributed by atoms with Crippen molar-refractivity contribution in [1.29, 1.82) is 0 Å². The van der Waals surface area contributed by atoms with Crippen LogP contribution in [0.4, 0.5) is 22.0 Å². The molecule has 0 amide bonds. The van der Waals surface area contributed by atoms with Crippen molar-refractivity contribution in [1.82, 2.24) is 0 Å². The lowest BCUT2D eigenvalue weighted by atomic mass is 10.1. The number of halogens is 5. The minimum atomic E-state index is -2.38. The SMILES string of the molecule is O=C(O/N=C(/C=C/c1ccco1)c1ccccc1)c1c(F)c(F)c(F)c(F)c1F. The molecule has 0 bridgehead atoms. The molecular formula is C20H10F5NO3. The van der Waals surface area contributed by atoms with Gasteiger partial charge in [-0.05, 0) is 24.3 Å². The Morgan fingerprint density at radius 2 is 1.48 bits per heavy atom. The van der Waals surface area contributed by atoms with E-state index in [0.29, 0.717) is 11.3 Å². The summed E-state index contributed by atoms with van der Waals surface area (Å²) in [6, 6.07) is 11.4. The van der Waals surface area contributed by atoms with Crippen LogP contribution in [0.2, 0.25) is 0 Å². The zero-order chi connectivity index (χ0) is 21.0. The minimum absolute atomic E-state index is 0.0271. The maximum atomic E-state index is 13.7. The summed E-state index contributed by atoms with van der Waals surface area (Å²) in [6.07, 6.45) is 4.26. The average molecular weight is 407 g/mol. The molecule has 1 heterocycles. The van der Waals surface area contributed by atoms with Crippen LogP contribution in [0.1, 0.15) is 21.7 Å². The van der Waals surface area contributed by atoms with Gasteiger partial charge in [0.1, 0.15) is 17.0 Å². The molecule has 1 aromatic heterocycles. The molecule has 0 saturated heterocycles. The molecule has 0 aliphatic carbocycles. The first-order valence-electron chi connectivity index (χ1n) is 7.98. The molecule has 0 N–H and O–H groups in total. The average Bonchev–Trinajstić information content (AvgIpc) is 3.25. The van der Waals surface area contributed by atoms with Crippen LogP contribution in [0.25, 0.3) is 6.08 Å². The maximum absolute atomic E-state index is 13.7. The zero-order valence-corrected chi connectivity index (χ0v) is 14.3. The van der Waals surface area contributed by atoms with Crippen LogP contribution in [-0.4, -0.2) is 11.7 Å². The van der Waals surface area contributed by atoms with Gasteiger partial charge in [0.2, 0.25) is 5.82 Å². The molecule has 0 radical (unpaired) electrons. The standard InChI is InChI=1S/C20H10F5NO3/c21-15-14(16(22)18(24)19(25)17(15)23)20(27)29-26-13(11-5-2-1-3-6-11)9-8-12-7-4-10-28-12/h1-10H/b9-8+,26-13-. The van der Waals surface area contributed by atoms with Crippen molar-refractivity contribution < 1.29 is 36.0 Å². The molecule has 9 heteroatoms. The third-order valence-electron chi connectivity index (χ3n) is 3.66. The van der Waals surface area contributed by atoms with E-state index in [1.807, 2.05) is 0 Å². The van der Waals surface area contributed by atoms with Gasteiger partial charge in [0.05, 0.1) is 6.26 Å². The second kappa shape index (κ2) is 8.51. The molecule has 0 fully saturated rings. The number of rotatable bonds is 5. The lowest BCUT2D eigenvalue weighted by Gasteiger charge is -2.06. The zero-order valence-electron chi connectivity index (χ0n) is 14.3. The summed E-state index contributed by atoms with van der Waals surface area (Å²) in [5.74, 6) is -13.0. The van der Waals surface area contributed by atoms with E-state index in [0.717, 1.165) is 0 Å². The largest absolute Gasteiger partial charge is 0.465 e. The maximum Gasteiger partial charge on any atom is 0.371 e. The first kappa shape index (κ1) is 20.0. The van der Waals surface area contributed by atoms with Gasteiger partial charge >= 0.3 is 5.97 Å². The van der Waals surface area contributed by atoms with Crippen molar-refractivity contribution in [3.63, 3.8) is 0 Å². The van der Waals surface area contributed by atoms with Crippen molar-refractivity contribution in [2.75, 3.05) is 0 Å². The van der Waals surface area contributed by atoms with Gasteiger partial charge in [-0.25, -0.2) is 26.7 Å². The fourth-order valence-corrected chi connectivity index (χ4v) is 2.26. The van der Waals surface area contributed by atoms with E-state index in [-0.39, 0.29) is 5.71 Å². The summed E-state index contributed by atoms with van der Waals surface area (Å²) in [4.78, 5) is 16.4. The second-order valence-corrected chi connectivity index (χ2v) is 5.51. The van der Waals surface area contributed by atoms with Gasteiger partial charge in [-0.3, -0.25) is 0 Å². The number of allylic oxidation sites excluding steroid dienone is 1. The number of furan rings is 1. The number of hydrogen-bond acceptors (Lipinski definition) is 4. The van der Waals surface area contributed by atoms with Crippen LogP contribution in [0.3, 0.4) is 0 Å². The molecule has 0 aliphatic heterocycles. The normalized spacial score (nSPS) is 11.8. The first-order valence-corrected chi connectivity index (χ1v) is 7.98.